The first kappa shape index (κ1) is 12.1. The second kappa shape index (κ2) is 5.82. The maximum absolute atomic E-state index is 11.6. The van der Waals surface area contributed by atoms with E-state index in [4.69, 9.17) is 0 Å². The van der Waals surface area contributed by atoms with E-state index in [1.165, 1.54) is 12.8 Å². The highest BCUT2D eigenvalue weighted by atomic mass is 16.1. The number of nitrogens with one attached hydrogen (secondary N) is 2. The van der Waals surface area contributed by atoms with Gasteiger partial charge in [0.15, 0.2) is 0 Å². The van der Waals surface area contributed by atoms with Gasteiger partial charge in [-0.2, -0.15) is 5.10 Å². The van der Waals surface area contributed by atoms with Crippen LogP contribution in [0.5, 0.6) is 0 Å². The maximum atomic E-state index is 11.6. The lowest BCUT2D eigenvalue weighted by Crippen LogP contribution is -2.38. The Balaban J connectivity index is 1.62. The largest absolute Gasteiger partial charge is 0.352 e. The van der Waals surface area contributed by atoms with Gasteiger partial charge in [-0.1, -0.05) is 12.8 Å². The van der Waals surface area contributed by atoms with Crippen LogP contribution in [0.15, 0.2) is 12.4 Å². The van der Waals surface area contributed by atoms with E-state index in [9.17, 15) is 4.79 Å². The van der Waals surface area contributed by atoms with Gasteiger partial charge < -0.3 is 10.6 Å². The van der Waals surface area contributed by atoms with E-state index in [0.717, 1.165) is 18.4 Å². The lowest BCUT2D eigenvalue weighted by molar-refractivity contribution is -0.120. The first-order valence-electron chi connectivity index (χ1n) is 6.21. The number of nitrogens with zero attached hydrogens (tertiary/aromatic N) is 2. The highest BCUT2D eigenvalue weighted by Crippen LogP contribution is 2.17. The molecule has 0 aliphatic heterocycles. The molecule has 0 unspecified atom stereocenters. The number of aromatic nitrogens is 2. The summed E-state index contributed by atoms with van der Waals surface area (Å²) in [4.78, 5) is 11.6. The van der Waals surface area contributed by atoms with Crippen LogP contribution >= 0.6 is 0 Å². The Morgan fingerprint density at radius 3 is 2.94 bits per heavy atom. The molecule has 0 atom stereocenters. The molecule has 0 bridgehead atoms. The minimum atomic E-state index is 0.0980. The Labute approximate surface area is 102 Å². The van der Waals surface area contributed by atoms with Crippen LogP contribution < -0.4 is 10.6 Å². The van der Waals surface area contributed by atoms with Crippen LogP contribution in [-0.2, 0) is 18.4 Å². The summed E-state index contributed by atoms with van der Waals surface area (Å²) >= 11 is 0. The highest BCUT2D eigenvalue weighted by molar-refractivity contribution is 5.78. The molecule has 1 fully saturated rings. The fourth-order valence-corrected chi connectivity index (χ4v) is 2.23. The Bertz CT molecular complexity index is 368. The molecular formula is C12H20N4O. The molecule has 0 saturated heterocycles. The van der Waals surface area contributed by atoms with E-state index in [0.29, 0.717) is 19.1 Å². The standard InChI is InChI=1S/C12H20N4O/c1-16-9-10(7-14-16)6-13-8-12(17)15-11-4-2-3-5-11/h7,9,11,13H,2-6,8H2,1H3,(H,15,17). The van der Waals surface area contributed by atoms with Gasteiger partial charge in [-0.25, -0.2) is 0 Å². The molecule has 5 heteroatoms. The number of rotatable bonds is 5. The first-order valence-corrected chi connectivity index (χ1v) is 6.21. The average Bonchev–Trinajstić information content (AvgIpc) is 2.90. The van der Waals surface area contributed by atoms with Crippen LogP contribution in [0, 0.1) is 0 Å². The molecular weight excluding hydrogens is 216 g/mol. The quantitative estimate of drug-likeness (QED) is 0.785. The summed E-state index contributed by atoms with van der Waals surface area (Å²) in [6, 6.07) is 0.405. The number of aryl methyl sites for hydroxylation is 1. The van der Waals surface area contributed by atoms with E-state index in [1.54, 1.807) is 4.68 Å². The van der Waals surface area contributed by atoms with E-state index in [2.05, 4.69) is 15.7 Å². The summed E-state index contributed by atoms with van der Waals surface area (Å²) in [6.07, 6.45) is 8.51. The number of amides is 1. The number of carbonyl (C=O) groups excluding carboxylic acids is 1. The normalized spacial score (nSPS) is 16.3. The third-order valence-electron chi connectivity index (χ3n) is 3.09. The Hall–Kier alpha value is -1.36. The molecule has 0 spiro atoms. The zero-order chi connectivity index (χ0) is 12.1. The van der Waals surface area contributed by atoms with Crippen molar-refractivity contribution in [3.8, 4) is 0 Å². The monoisotopic (exact) mass is 236 g/mol. The second-order valence-electron chi connectivity index (χ2n) is 4.67. The van der Waals surface area contributed by atoms with Gasteiger partial charge >= 0.3 is 0 Å². The summed E-state index contributed by atoms with van der Waals surface area (Å²) < 4.78 is 1.76. The third kappa shape index (κ3) is 3.85. The molecule has 2 N–H and O–H groups in total. The zero-order valence-corrected chi connectivity index (χ0v) is 10.3. The SMILES string of the molecule is Cn1cc(CNCC(=O)NC2CCCC2)cn1. The summed E-state index contributed by atoms with van der Waals surface area (Å²) in [5.74, 6) is 0.0980. The van der Waals surface area contributed by atoms with Crippen molar-refractivity contribution in [2.24, 2.45) is 7.05 Å². The molecule has 2 rings (SSSR count). The fourth-order valence-electron chi connectivity index (χ4n) is 2.23. The highest BCUT2D eigenvalue weighted by Gasteiger charge is 2.16. The van der Waals surface area contributed by atoms with E-state index in [-0.39, 0.29) is 5.91 Å². The van der Waals surface area contributed by atoms with Gasteiger partial charge in [0.2, 0.25) is 5.91 Å². The zero-order valence-electron chi connectivity index (χ0n) is 10.3. The Morgan fingerprint density at radius 2 is 2.29 bits per heavy atom. The van der Waals surface area contributed by atoms with Crippen molar-refractivity contribution < 1.29 is 4.79 Å². The van der Waals surface area contributed by atoms with E-state index < -0.39 is 0 Å². The van der Waals surface area contributed by atoms with Crippen molar-refractivity contribution in [1.29, 1.82) is 0 Å². The molecule has 1 heterocycles. The molecule has 1 aliphatic carbocycles. The Kier molecular flexibility index (Phi) is 4.14. The molecule has 1 saturated carbocycles. The molecule has 0 aromatic carbocycles. The molecule has 17 heavy (non-hydrogen) atoms. The lowest BCUT2D eigenvalue weighted by atomic mass is 10.2. The van der Waals surface area contributed by atoms with Gasteiger partial charge in [0.25, 0.3) is 0 Å². The molecule has 0 radical (unpaired) electrons. The van der Waals surface area contributed by atoms with Crippen LogP contribution in [-0.4, -0.2) is 28.3 Å². The summed E-state index contributed by atoms with van der Waals surface area (Å²) in [5.41, 5.74) is 1.10. The van der Waals surface area contributed by atoms with Gasteiger partial charge in [-0.05, 0) is 12.8 Å². The van der Waals surface area contributed by atoms with Gasteiger partial charge in [-0.3, -0.25) is 9.48 Å². The van der Waals surface area contributed by atoms with Crippen LogP contribution in [0.25, 0.3) is 0 Å². The van der Waals surface area contributed by atoms with Crippen molar-refractivity contribution in [2.75, 3.05) is 6.54 Å². The molecule has 1 amide bonds. The maximum Gasteiger partial charge on any atom is 0.234 e. The van der Waals surface area contributed by atoms with Crippen molar-refractivity contribution in [3.05, 3.63) is 18.0 Å². The van der Waals surface area contributed by atoms with Crippen LogP contribution in [0.4, 0.5) is 0 Å². The number of carbonyl (C=O) groups is 1. The van der Waals surface area contributed by atoms with Crippen molar-refractivity contribution in [2.45, 2.75) is 38.3 Å². The average molecular weight is 236 g/mol. The van der Waals surface area contributed by atoms with Gasteiger partial charge in [0.1, 0.15) is 0 Å². The third-order valence-corrected chi connectivity index (χ3v) is 3.09. The number of hydrogen-bond acceptors (Lipinski definition) is 3. The summed E-state index contributed by atoms with van der Waals surface area (Å²) in [5, 5.41) is 10.2. The molecule has 1 aromatic heterocycles. The smallest absolute Gasteiger partial charge is 0.234 e. The lowest BCUT2D eigenvalue weighted by Gasteiger charge is -2.11. The van der Waals surface area contributed by atoms with Crippen LogP contribution in [0.3, 0.4) is 0 Å². The molecule has 1 aromatic rings. The predicted octanol–water partition coefficient (Wildman–Crippen LogP) is 0.568. The first-order chi connectivity index (χ1) is 8.24. The summed E-state index contributed by atoms with van der Waals surface area (Å²) in [6.45, 7) is 1.07. The fraction of sp³-hybridized carbons (Fsp3) is 0.667. The van der Waals surface area contributed by atoms with Crippen LogP contribution in [0.1, 0.15) is 31.2 Å². The molecule has 94 valence electrons. The predicted molar refractivity (Wildman–Crippen MR) is 65.3 cm³/mol. The van der Waals surface area contributed by atoms with Crippen molar-refractivity contribution in [1.82, 2.24) is 20.4 Å². The minimum absolute atomic E-state index is 0.0980. The van der Waals surface area contributed by atoms with Gasteiger partial charge in [0, 0.05) is 31.4 Å². The number of hydrogen-bond donors (Lipinski definition) is 2. The molecule has 1 aliphatic rings. The van der Waals surface area contributed by atoms with Crippen molar-refractivity contribution in [3.63, 3.8) is 0 Å². The van der Waals surface area contributed by atoms with Gasteiger partial charge in [0.05, 0.1) is 12.7 Å². The summed E-state index contributed by atoms with van der Waals surface area (Å²) in [7, 11) is 1.89. The minimum Gasteiger partial charge on any atom is -0.352 e. The molecule has 5 nitrogen and oxygen atoms in total. The Morgan fingerprint density at radius 1 is 1.53 bits per heavy atom. The van der Waals surface area contributed by atoms with E-state index in [1.807, 2.05) is 19.4 Å². The van der Waals surface area contributed by atoms with Crippen LogP contribution in [0.2, 0.25) is 0 Å². The topological polar surface area (TPSA) is 59.0 Å². The second-order valence-corrected chi connectivity index (χ2v) is 4.67. The van der Waals surface area contributed by atoms with Gasteiger partial charge in [-0.15, -0.1) is 0 Å². The van der Waals surface area contributed by atoms with E-state index >= 15 is 0 Å². The van der Waals surface area contributed by atoms with Crippen molar-refractivity contribution >= 4 is 5.91 Å².